The SMILES string of the molecule is C=C(C)CC(=O)C(=O)OC(C)C. The Balaban J connectivity index is 3.94. The predicted octanol–water partition coefficient (Wildman–Crippen LogP) is 1.47. The lowest BCUT2D eigenvalue weighted by atomic mass is 10.2. The monoisotopic (exact) mass is 170 g/mol. The molecule has 0 aliphatic heterocycles. The molecule has 0 unspecified atom stereocenters. The van der Waals surface area contributed by atoms with E-state index in [1.54, 1.807) is 20.8 Å². The first-order valence-corrected chi connectivity index (χ1v) is 3.81. The highest BCUT2D eigenvalue weighted by Crippen LogP contribution is 1.99. The summed E-state index contributed by atoms with van der Waals surface area (Å²) in [6, 6.07) is 0. The van der Waals surface area contributed by atoms with E-state index in [9.17, 15) is 9.59 Å². The molecule has 3 heteroatoms. The third kappa shape index (κ3) is 4.66. The molecular weight excluding hydrogens is 156 g/mol. The van der Waals surface area contributed by atoms with Crippen LogP contribution in [0.2, 0.25) is 0 Å². The molecule has 0 saturated heterocycles. The highest BCUT2D eigenvalue weighted by molar-refractivity contribution is 6.34. The molecule has 0 aliphatic carbocycles. The fourth-order valence-corrected chi connectivity index (χ4v) is 0.626. The molecule has 68 valence electrons. The Bertz CT molecular complexity index is 204. The van der Waals surface area contributed by atoms with Crippen molar-refractivity contribution in [3.63, 3.8) is 0 Å². The van der Waals surface area contributed by atoms with Crippen molar-refractivity contribution in [3.05, 3.63) is 12.2 Å². The highest BCUT2D eigenvalue weighted by atomic mass is 16.5. The average molecular weight is 170 g/mol. The zero-order chi connectivity index (χ0) is 9.72. The predicted molar refractivity (Wildman–Crippen MR) is 45.7 cm³/mol. The quantitative estimate of drug-likeness (QED) is 0.364. The summed E-state index contributed by atoms with van der Waals surface area (Å²) in [5.41, 5.74) is 0.667. The number of carbonyl (C=O) groups is 2. The van der Waals surface area contributed by atoms with Gasteiger partial charge in [-0.15, -0.1) is 0 Å². The zero-order valence-corrected chi connectivity index (χ0v) is 7.72. The van der Waals surface area contributed by atoms with E-state index in [1.807, 2.05) is 0 Å². The molecule has 0 N–H and O–H groups in total. The van der Waals surface area contributed by atoms with Crippen molar-refractivity contribution in [2.75, 3.05) is 0 Å². The van der Waals surface area contributed by atoms with Gasteiger partial charge in [-0.1, -0.05) is 12.2 Å². The average Bonchev–Trinajstić information content (AvgIpc) is 1.84. The molecule has 0 radical (unpaired) electrons. The first-order chi connectivity index (χ1) is 5.43. The van der Waals surface area contributed by atoms with Crippen molar-refractivity contribution in [3.8, 4) is 0 Å². The van der Waals surface area contributed by atoms with Crippen molar-refractivity contribution >= 4 is 11.8 Å². The third-order valence-electron chi connectivity index (χ3n) is 1.03. The first kappa shape index (κ1) is 10.9. The van der Waals surface area contributed by atoms with Gasteiger partial charge in [-0.2, -0.15) is 0 Å². The summed E-state index contributed by atoms with van der Waals surface area (Å²) >= 11 is 0. The fraction of sp³-hybridized carbons (Fsp3) is 0.556. The molecule has 0 saturated carbocycles. The standard InChI is InChI=1S/C9H14O3/c1-6(2)5-8(10)9(11)12-7(3)4/h7H,1,5H2,2-4H3. The second kappa shape index (κ2) is 4.70. The van der Waals surface area contributed by atoms with Gasteiger partial charge >= 0.3 is 5.97 Å². The van der Waals surface area contributed by atoms with Gasteiger partial charge in [0.25, 0.3) is 0 Å². The summed E-state index contributed by atoms with van der Waals surface area (Å²) in [6.45, 7) is 8.62. The Morgan fingerprint density at radius 1 is 1.42 bits per heavy atom. The lowest BCUT2D eigenvalue weighted by Gasteiger charge is -2.06. The van der Waals surface area contributed by atoms with Gasteiger partial charge in [-0.05, 0) is 20.8 Å². The van der Waals surface area contributed by atoms with Crippen LogP contribution in [0.1, 0.15) is 27.2 Å². The molecule has 0 aliphatic rings. The van der Waals surface area contributed by atoms with Gasteiger partial charge in [-0.25, -0.2) is 4.79 Å². The molecule has 0 fully saturated rings. The van der Waals surface area contributed by atoms with E-state index >= 15 is 0 Å². The minimum atomic E-state index is -0.770. The van der Waals surface area contributed by atoms with Gasteiger partial charge < -0.3 is 4.74 Å². The number of rotatable bonds is 4. The van der Waals surface area contributed by atoms with Crippen LogP contribution < -0.4 is 0 Å². The van der Waals surface area contributed by atoms with E-state index in [2.05, 4.69) is 11.3 Å². The normalized spacial score (nSPS) is 9.67. The van der Waals surface area contributed by atoms with Crippen molar-refractivity contribution in [1.82, 2.24) is 0 Å². The summed E-state index contributed by atoms with van der Waals surface area (Å²) in [5.74, 6) is -1.30. The topological polar surface area (TPSA) is 43.4 Å². The van der Waals surface area contributed by atoms with Crippen molar-refractivity contribution in [2.24, 2.45) is 0 Å². The minimum absolute atomic E-state index is 0.0750. The molecule has 0 amide bonds. The van der Waals surface area contributed by atoms with Crippen molar-refractivity contribution in [2.45, 2.75) is 33.3 Å². The van der Waals surface area contributed by atoms with Gasteiger partial charge in [0.1, 0.15) is 0 Å². The van der Waals surface area contributed by atoms with Crippen LogP contribution in [0.4, 0.5) is 0 Å². The van der Waals surface area contributed by atoms with Crippen LogP contribution in [-0.2, 0) is 14.3 Å². The maximum Gasteiger partial charge on any atom is 0.375 e. The Labute approximate surface area is 72.4 Å². The molecule has 0 spiro atoms. The molecule has 0 aromatic rings. The summed E-state index contributed by atoms with van der Waals surface area (Å²) in [4.78, 5) is 21.8. The molecule has 0 rings (SSSR count). The number of esters is 1. The Morgan fingerprint density at radius 3 is 2.25 bits per heavy atom. The highest BCUT2D eigenvalue weighted by Gasteiger charge is 2.15. The van der Waals surface area contributed by atoms with Crippen molar-refractivity contribution in [1.29, 1.82) is 0 Å². The van der Waals surface area contributed by atoms with Crippen LogP contribution in [0.25, 0.3) is 0 Å². The minimum Gasteiger partial charge on any atom is -0.457 e. The number of Topliss-reactive ketones (excluding diaryl/α,β-unsaturated/α-hetero) is 1. The van der Waals surface area contributed by atoms with Crippen LogP contribution in [0, 0.1) is 0 Å². The maximum absolute atomic E-state index is 11.0. The van der Waals surface area contributed by atoms with Crippen LogP contribution >= 0.6 is 0 Å². The lowest BCUT2D eigenvalue weighted by Crippen LogP contribution is -2.20. The Kier molecular flexibility index (Phi) is 4.26. The van der Waals surface area contributed by atoms with Gasteiger partial charge in [0.05, 0.1) is 6.10 Å². The Hall–Kier alpha value is -1.12. The second-order valence-electron chi connectivity index (χ2n) is 3.01. The van der Waals surface area contributed by atoms with Crippen LogP contribution in [-0.4, -0.2) is 17.9 Å². The largest absolute Gasteiger partial charge is 0.457 e. The van der Waals surface area contributed by atoms with Crippen LogP contribution in [0.3, 0.4) is 0 Å². The first-order valence-electron chi connectivity index (χ1n) is 3.81. The van der Waals surface area contributed by atoms with Crippen LogP contribution in [0.15, 0.2) is 12.2 Å². The number of carbonyl (C=O) groups excluding carboxylic acids is 2. The number of allylic oxidation sites excluding steroid dienone is 1. The summed E-state index contributed by atoms with van der Waals surface area (Å²) in [6.07, 6.45) is -0.169. The number of ether oxygens (including phenoxy) is 1. The number of hydrogen-bond acceptors (Lipinski definition) is 3. The van der Waals surface area contributed by atoms with E-state index in [4.69, 9.17) is 0 Å². The summed E-state index contributed by atoms with van der Waals surface area (Å²) in [5, 5.41) is 0. The second-order valence-corrected chi connectivity index (χ2v) is 3.01. The zero-order valence-electron chi connectivity index (χ0n) is 7.72. The van der Waals surface area contributed by atoms with E-state index in [-0.39, 0.29) is 12.5 Å². The molecule has 0 heterocycles. The van der Waals surface area contributed by atoms with E-state index in [0.29, 0.717) is 5.57 Å². The third-order valence-corrected chi connectivity index (χ3v) is 1.03. The summed E-state index contributed by atoms with van der Waals surface area (Å²) < 4.78 is 4.68. The summed E-state index contributed by atoms with van der Waals surface area (Å²) in [7, 11) is 0. The fourth-order valence-electron chi connectivity index (χ4n) is 0.626. The molecule has 0 aromatic carbocycles. The van der Waals surface area contributed by atoms with Gasteiger partial charge in [0, 0.05) is 6.42 Å². The van der Waals surface area contributed by atoms with Gasteiger partial charge in [0.2, 0.25) is 5.78 Å². The van der Waals surface area contributed by atoms with E-state index in [0.717, 1.165) is 0 Å². The number of ketones is 1. The van der Waals surface area contributed by atoms with E-state index in [1.165, 1.54) is 0 Å². The molecule has 0 aromatic heterocycles. The van der Waals surface area contributed by atoms with Crippen LogP contribution in [0.5, 0.6) is 0 Å². The molecule has 0 bridgehead atoms. The van der Waals surface area contributed by atoms with E-state index < -0.39 is 11.8 Å². The number of hydrogen-bond donors (Lipinski definition) is 0. The van der Waals surface area contributed by atoms with Crippen molar-refractivity contribution < 1.29 is 14.3 Å². The van der Waals surface area contributed by atoms with Gasteiger partial charge in [-0.3, -0.25) is 4.79 Å². The van der Waals surface area contributed by atoms with Gasteiger partial charge in [0.15, 0.2) is 0 Å². The molecule has 3 nitrogen and oxygen atoms in total. The Morgan fingerprint density at radius 2 is 1.92 bits per heavy atom. The molecule has 0 atom stereocenters. The lowest BCUT2D eigenvalue weighted by molar-refractivity contribution is -0.156. The molecule has 12 heavy (non-hydrogen) atoms. The maximum atomic E-state index is 11.0. The molecular formula is C9H14O3. The smallest absolute Gasteiger partial charge is 0.375 e.